The van der Waals surface area contributed by atoms with Crippen molar-refractivity contribution in [3.63, 3.8) is 0 Å². The fourth-order valence-electron chi connectivity index (χ4n) is 0.185. The molecule has 0 saturated carbocycles. The van der Waals surface area contributed by atoms with Gasteiger partial charge < -0.3 is 24.3 Å². The van der Waals surface area contributed by atoms with Gasteiger partial charge in [-0.15, -0.1) is 0 Å². The molecule has 0 aromatic rings. The Labute approximate surface area is 88.3 Å². The van der Waals surface area contributed by atoms with Crippen LogP contribution in [-0.4, -0.2) is 19.8 Å². The van der Waals surface area contributed by atoms with Crippen LogP contribution in [0.4, 0.5) is 0 Å². The van der Waals surface area contributed by atoms with Gasteiger partial charge in [0.25, 0.3) is 0 Å². The first-order chi connectivity index (χ1) is 4.33. The van der Waals surface area contributed by atoms with Crippen LogP contribution in [0.25, 0.3) is 0 Å². The van der Waals surface area contributed by atoms with Gasteiger partial charge in [-0.25, -0.2) is 0 Å². The van der Waals surface area contributed by atoms with Crippen LogP contribution in [0.5, 0.6) is 0 Å². The second kappa shape index (κ2) is 22.5. The van der Waals surface area contributed by atoms with Crippen molar-refractivity contribution in [2.24, 2.45) is 5.73 Å². The molecule has 0 bridgehead atoms. The SMILES string of the molecule is [CH2-]CC.[CH2-]COCCN.[U+2]. The summed E-state index contributed by atoms with van der Waals surface area (Å²) in [5.74, 6) is 0. The molecule has 0 aromatic carbocycles. The number of ether oxygens (including phenoxy) is 1. The molecule has 60 valence electrons. The van der Waals surface area contributed by atoms with Crippen LogP contribution in [0.2, 0.25) is 0 Å². The van der Waals surface area contributed by atoms with Gasteiger partial charge in [-0.1, -0.05) is 13.5 Å². The standard InChI is InChI=1S/C4H10NO.C3H7.U/c1-2-6-4-3-5;1-3-2;/h1-5H2;1,3H2,2H3;/q2*-1;+2. The van der Waals surface area contributed by atoms with Crippen LogP contribution in [-0.2, 0) is 4.74 Å². The maximum atomic E-state index is 5.06. The smallest absolute Gasteiger partial charge is 0.412 e. The molecular formula is C7H17NOU. The average molecular weight is 369 g/mol. The van der Waals surface area contributed by atoms with Gasteiger partial charge >= 0.3 is 31.1 Å². The molecule has 2 nitrogen and oxygen atoms in total. The average Bonchev–Trinajstić information content (AvgIpc) is 1.86. The first-order valence-electron chi connectivity index (χ1n) is 3.19. The third-order valence-electron chi connectivity index (χ3n) is 0.407. The minimum Gasteiger partial charge on any atom is -0.412 e. The van der Waals surface area contributed by atoms with E-state index in [1.54, 1.807) is 0 Å². The molecule has 0 amide bonds. The Balaban J connectivity index is -0.000000107. The largest absolute Gasteiger partial charge is 2.00 e. The van der Waals surface area contributed by atoms with E-state index in [4.69, 9.17) is 10.5 Å². The predicted octanol–water partition coefficient (Wildman–Crippen LogP) is 1.03. The molecule has 3 heteroatoms. The van der Waals surface area contributed by atoms with Crippen molar-refractivity contribution in [1.29, 1.82) is 0 Å². The van der Waals surface area contributed by atoms with E-state index in [-0.39, 0.29) is 31.1 Å². The third kappa shape index (κ3) is 36.1. The molecule has 0 fully saturated rings. The minimum absolute atomic E-state index is 0. The fraction of sp³-hybridized carbons (Fsp3) is 0.714. The molecule has 0 aliphatic carbocycles. The Morgan fingerprint density at radius 3 is 1.90 bits per heavy atom. The molecule has 0 aliphatic heterocycles. The summed E-state index contributed by atoms with van der Waals surface area (Å²) in [5.41, 5.74) is 5.06. The molecule has 0 atom stereocenters. The Morgan fingerprint density at radius 1 is 1.40 bits per heavy atom. The van der Waals surface area contributed by atoms with Crippen LogP contribution in [0, 0.1) is 45.0 Å². The summed E-state index contributed by atoms with van der Waals surface area (Å²) >= 11 is 0. The molecule has 2 N–H and O–H groups in total. The summed E-state index contributed by atoms with van der Waals surface area (Å²) in [7, 11) is 0. The van der Waals surface area contributed by atoms with E-state index >= 15 is 0 Å². The minimum atomic E-state index is 0. The summed E-state index contributed by atoms with van der Waals surface area (Å²) in [6.07, 6.45) is 1.00. The summed E-state index contributed by atoms with van der Waals surface area (Å²) < 4.78 is 4.75. The number of rotatable bonds is 3. The van der Waals surface area contributed by atoms with Crippen LogP contribution < -0.4 is 5.73 Å². The fourth-order valence-corrected chi connectivity index (χ4v) is 0.185. The zero-order valence-electron chi connectivity index (χ0n) is 6.73. The van der Waals surface area contributed by atoms with Gasteiger partial charge in [0.1, 0.15) is 0 Å². The summed E-state index contributed by atoms with van der Waals surface area (Å²) in [6, 6.07) is 0. The van der Waals surface area contributed by atoms with Gasteiger partial charge in [0, 0.05) is 6.54 Å². The Hall–Kier alpha value is 0.972. The first kappa shape index (κ1) is 17.2. The van der Waals surface area contributed by atoms with Crippen molar-refractivity contribution in [1.82, 2.24) is 0 Å². The molecule has 0 heterocycles. The maximum absolute atomic E-state index is 5.06. The summed E-state index contributed by atoms with van der Waals surface area (Å²) in [4.78, 5) is 0. The zero-order chi connectivity index (χ0) is 7.54. The van der Waals surface area contributed by atoms with Crippen molar-refractivity contribution < 1.29 is 35.9 Å². The molecular weight excluding hydrogens is 352 g/mol. The van der Waals surface area contributed by atoms with Crippen LogP contribution in [0.1, 0.15) is 13.3 Å². The second-order valence-corrected chi connectivity index (χ2v) is 1.40. The monoisotopic (exact) mass is 369 g/mol. The molecule has 0 aromatic heterocycles. The molecule has 0 spiro atoms. The van der Waals surface area contributed by atoms with E-state index in [0.29, 0.717) is 19.8 Å². The van der Waals surface area contributed by atoms with Crippen LogP contribution in [0.3, 0.4) is 0 Å². The predicted molar refractivity (Wildman–Crippen MR) is 40.9 cm³/mol. The van der Waals surface area contributed by atoms with E-state index in [1.807, 2.05) is 6.92 Å². The van der Waals surface area contributed by atoms with Crippen LogP contribution in [0.15, 0.2) is 0 Å². The Kier molecular flexibility index (Phi) is 38.6. The molecule has 0 radical (unpaired) electrons. The van der Waals surface area contributed by atoms with Crippen molar-refractivity contribution >= 4 is 0 Å². The first-order valence-corrected chi connectivity index (χ1v) is 3.19. The second-order valence-electron chi connectivity index (χ2n) is 1.40. The molecule has 0 rings (SSSR count). The summed E-state index contributed by atoms with van der Waals surface area (Å²) in [5, 5.41) is 0. The van der Waals surface area contributed by atoms with Gasteiger partial charge in [-0.2, -0.15) is 6.42 Å². The molecule has 10 heavy (non-hydrogen) atoms. The topological polar surface area (TPSA) is 35.2 Å². The van der Waals surface area contributed by atoms with Crippen molar-refractivity contribution in [3.8, 4) is 0 Å². The van der Waals surface area contributed by atoms with Crippen molar-refractivity contribution in [2.75, 3.05) is 19.8 Å². The molecule has 0 aliphatic rings. The zero-order valence-corrected chi connectivity index (χ0v) is 10.9. The van der Waals surface area contributed by atoms with E-state index in [1.165, 1.54) is 0 Å². The van der Waals surface area contributed by atoms with Gasteiger partial charge in [0.2, 0.25) is 0 Å². The Bertz CT molecular complexity index is 32.8. The Morgan fingerprint density at radius 2 is 1.80 bits per heavy atom. The van der Waals surface area contributed by atoms with Gasteiger partial charge in [-0.3, -0.25) is 0 Å². The number of hydrogen-bond acceptors (Lipinski definition) is 2. The van der Waals surface area contributed by atoms with Crippen molar-refractivity contribution in [2.45, 2.75) is 13.3 Å². The van der Waals surface area contributed by atoms with Crippen LogP contribution >= 0.6 is 0 Å². The number of nitrogens with two attached hydrogens (primary N) is 1. The van der Waals surface area contributed by atoms with Crippen molar-refractivity contribution in [3.05, 3.63) is 13.8 Å². The van der Waals surface area contributed by atoms with E-state index in [0.717, 1.165) is 6.42 Å². The van der Waals surface area contributed by atoms with Gasteiger partial charge in [-0.05, 0) is 0 Å². The quantitative estimate of drug-likeness (QED) is 0.596. The van der Waals surface area contributed by atoms with E-state index in [9.17, 15) is 0 Å². The summed E-state index contributed by atoms with van der Waals surface area (Å²) in [6.45, 7) is 10.7. The molecule has 0 unspecified atom stereocenters. The van der Waals surface area contributed by atoms with E-state index in [2.05, 4.69) is 13.8 Å². The third-order valence-corrected chi connectivity index (χ3v) is 0.407. The van der Waals surface area contributed by atoms with E-state index < -0.39 is 0 Å². The van der Waals surface area contributed by atoms with Gasteiger partial charge in [0.05, 0.1) is 6.61 Å². The molecule has 0 saturated heterocycles. The number of hydrogen-bond donors (Lipinski definition) is 1. The maximum Gasteiger partial charge on any atom is 2.00 e. The normalized spacial score (nSPS) is 7.20. The van der Waals surface area contributed by atoms with Gasteiger partial charge in [0.15, 0.2) is 0 Å².